The molecule has 1 rings (SSSR count). The summed E-state index contributed by atoms with van der Waals surface area (Å²) < 4.78 is 2.02. The predicted octanol–water partition coefficient (Wildman–Crippen LogP) is 1.09. The molecule has 0 bridgehead atoms. The summed E-state index contributed by atoms with van der Waals surface area (Å²) in [6.07, 6.45) is 1.03. The molecule has 0 saturated heterocycles. The van der Waals surface area contributed by atoms with Crippen LogP contribution in [0.1, 0.15) is 25.0 Å². The van der Waals surface area contributed by atoms with Crippen molar-refractivity contribution in [2.24, 2.45) is 12.8 Å². The van der Waals surface area contributed by atoms with Crippen LogP contribution in [0.25, 0.3) is 0 Å². The first-order chi connectivity index (χ1) is 6.65. The second kappa shape index (κ2) is 5.36. The number of hydrogen-bond acceptors (Lipinski definition) is 4. The highest BCUT2D eigenvalue weighted by atomic mass is 32.2. The van der Waals surface area contributed by atoms with Gasteiger partial charge in [0.05, 0.1) is 5.75 Å². The Morgan fingerprint density at radius 1 is 1.50 bits per heavy atom. The van der Waals surface area contributed by atoms with Crippen molar-refractivity contribution in [3.63, 3.8) is 0 Å². The number of nitrogens with zero attached hydrogens (tertiary/aromatic N) is 3. The SMILES string of the molecule is CCC(N)CSCc1nnc(C)n1C. The molecule has 1 aromatic rings. The number of thioether (sulfide) groups is 1. The maximum absolute atomic E-state index is 5.82. The topological polar surface area (TPSA) is 56.7 Å². The van der Waals surface area contributed by atoms with Gasteiger partial charge in [0.1, 0.15) is 11.6 Å². The molecule has 0 saturated carbocycles. The van der Waals surface area contributed by atoms with Crippen LogP contribution in [0, 0.1) is 6.92 Å². The first-order valence-electron chi connectivity index (χ1n) is 4.83. The van der Waals surface area contributed by atoms with Crippen LogP contribution in [0.2, 0.25) is 0 Å². The van der Waals surface area contributed by atoms with Crippen molar-refractivity contribution in [1.82, 2.24) is 14.8 Å². The lowest BCUT2D eigenvalue weighted by molar-refractivity contribution is 0.724. The van der Waals surface area contributed by atoms with Gasteiger partial charge < -0.3 is 10.3 Å². The molecule has 0 aromatic carbocycles. The van der Waals surface area contributed by atoms with Crippen LogP contribution in [0.15, 0.2) is 0 Å². The summed E-state index contributed by atoms with van der Waals surface area (Å²) in [6.45, 7) is 4.07. The fourth-order valence-electron chi connectivity index (χ4n) is 0.996. The summed E-state index contributed by atoms with van der Waals surface area (Å²) >= 11 is 1.82. The zero-order chi connectivity index (χ0) is 10.6. The van der Waals surface area contributed by atoms with Crippen LogP contribution >= 0.6 is 11.8 Å². The van der Waals surface area contributed by atoms with Gasteiger partial charge in [-0.05, 0) is 13.3 Å². The molecule has 0 aliphatic heterocycles. The van der Waals surface area contributed by atoms with Crippen molar-refractivity contribution < 1.29 is 0 Å². The zero-order valence-corrected chi connectivity index (χ0v) is 9.84. The van der Waals surface area contributed by atoms with Crippen LogP contribution in [-0.2, 0) is 12.8 Å². The van der Waals surface area contributed by atoms with Gasteiger partial charge in [-0.15, -0.1) is 10.2 Å². The van der Waals surface area contributed by atoms with E-state index in [1.165, 1.54) is 0 Å². The van der Waals surface area contributed by atoms with Gasteiger partial charge in [0, 0.05) is 18.8 Å². The van der Waals surface area contributed by atoms with Gasteiger partial charge in [-0.2, -0.15) is 11.8 Å². The summed E-state index contributed by atoms with van der Waals surface area (Å²) in [7, 11) is 1.99. The van der Waals surface area contributed by atoms with Crippen molar-refractivity contribution in [3.05, 3.63) is 11.6 Å². The minimum atomic E-state index is 0.300. The van der Waals surface area contributed by atoms with Crippen LogP contribution in [0.5, 0.6) is 0 Å². The van der Waals surface area contributed by atoms with Crippen LogP contribution in [-0.4, -0.2) is 26.6 Å². The van der Waals surface area contributed by atoms with Crippen molar-refractivity contribution in [3.8, 4) is 0 Å². The van der Waals surface area contributed by atoms with Crippen molar-refractivity contribution >= 4 is 11.8 Å². The van der Waals surface area contributed by atoms with Gasteiger partial charge in [-0.1, -0.05) is 6.92 Å². The van der Waals surface area contributed by atoms with Gasteiger partial charge in [-0.3, -0.25) is 0 Å². The van der Waals surface area contributed by atoms with E-state index >= 15 is 0 Å². The van der Waals surface area contributed by atoms with Crippen LogP contribution in [0.3, 0.4) is 0 Å². The molecule has 0 amide bonds. The first-order valence-corrected chi connectivity index (χ1v) is 5.98. The molecule has 0 fully saturated rings. The fourth-order valence-corrected chi connectivity index (χ4v) is 2.09. The van der Waals surface area contributed by atoms with E-state index in [1.807, 2.05) is 30.3 Å². The van der Waals surface area contributed by atoms with E-state index in [9.17, 15) is 0 Å². The Balaban J connectivity index is 2.35. The highest BCUT2D eigenvalue weighted by Crippen LogP contribution is 2.11. The summed E-state index contributed by atoms with van der Waals surface area (Å²) in [5.74, 6) is 3.86. The lowest BCUT2D eigenvalue weighted by Crippen LogP contribution is -2.21. The highest BCUT2D eigenvalue weighted by Gasteiger charge is 2.05. The van der Waals surface area contributed by atoms with E-state index in [-0.39, 0.29) is 0 Å². The fraction of sp³-hybridized carbons (Fsp3) is 0.778. The summed E-state index contributed by atoms with van der Waals surface area (Å²) in [5.41, 5.74) is 5.82. The summed E-state index contributed by atoms with van der Waals surface area (Å²) in [6, 6.07) is 0.300. The Hall–Kier alpha value is -0.550. The van der Waals surface area contributed by atoms with Crippen molar-refractivity contribution in [2.75, 3.05) is 5.75 Å². The molecular weight excluding hydrogens is 196 g/mol. The number of aryl methyl sites for hydroxylation is 1. The van der Waals surface area contributed by atoms with Gasteiger partial charge in [0.25, 0.3) is 0 Å². The molecule has 0 radical (unpaired) electrons. The van der Waals surface area contributed by atoms with Gasteiger partial charge in [-0.25, -0.2) is 0 Å². The van der Waals surface area contributed by atoms with Gasteiger partial charge in [0.15, 0.2) is 0 Å². The van der Waals surface area contributed by atoms with Crippen LogP contribution < -0.4 is 5.73 Å². The minimum Gasteiger partial charge on any atom is -0.327 e. The maximum Gasteiger partial charge on any atom is 0.142 e. The number of nitrogens with two attached hydrogens (primary N) is 1. The standard InChI is InChI=1S/C9H18N4S/c1-4-8(10)5-14-6-9-12-11-7(2)13(9)3/h8H,4-6,10H2,1-3H3. The van der Waals surface area contributed by atoms with Gasteiger partial charge >= 0.3 is 0 Å². The molecule has 0 aliphatic rings. The Kier molecular flexibility index (Phi) is 4.41. The minimum absolute atomic E-state index is 0.300. The Morgan fingerprint density at radius 3 is 2.71 bits per heavy atom. The molecular formula is C9H18N4S. The molecule has 5 heteroatoms. The maximum atomic E-state index is 5.82. The third-order valence-corrected chi connectivity index (χ3v) is 3.40. The largest absolute Gasteiger partial charge is 0.327 e. The third-order valence-electron chi connectivity index (χ3n) is 2.27. The highest BCUT2D eigenvalue weighted by molar-refractivity contribution is 7.98. The normalized spacial score (nSPS) is 13.1. The molecule has 2 N–H and O–H groups in total. The number of rotatable bonds is 5. The summed E-state index contributed by atoms with van der Waals surface area (Å²) in [5, 5.41) is 8.09. The zero-order valence-electron chi connectivity index (χ0n) is 9.03. The average Bonchev–Trinajstić information content (AvgIpc) is 2.49. The van der Waals surface area contributed by atoms with Crippen molar-refractivity contribution in [1.29, 1.82) is 0 Å². The quantitative estimate of drug-likeness (QED) is 0.797. The molecule has 0 spiro atoms. The van der Waals surface area contributed by atoms with E-state index in [0.29, 0.717) is 6.04 Å². The Morgan fingerprint density at radius 2 is 2.21 bits per heavy atom. The van der Waals surface area contributed by atoms with E-state index in [2.05, 4.69) is 17.1 Å². The van der Waals surface area contributed by atoms with Crippen molar-refractivity contribution in [2.45, 2.75) is 32.1 Å². The molecule has 1 unspecified atom stereocenters. The lowest BCUT2D eigenvalue weighted by Gasteiger charge is -2.07. The molecule has 14 heavy (non-hydrogen) atoms. The second-order valence-electron chi connectivity index (χ2n) is 3.41. The van der Waals surface area contributed by atoms with E-state index in [4.69, 9.17) is 5.73 Å². The van der Waals surface area contributed by atoms with E-state index < -0.39 is 0 Å². The molecule has 0 aliphatic carbocycles. The molecule has 1 heterocycles. The molecule has 1 aromatic heterocycles. The van der Waals surface area contributed by atoms with E-state index in [1.54, 1.807) is 0 Å². The predicted molar refractivity (Wildman–Crippen MR) is 60.2 cm³/mol. The lowest BCUT2D eigenvalue weighted by atomic mass is 10.3. The average molecular weight is 214 g/mol. The monoisotopic (exact) mass is 214 g/mol. The molecule has 1 atom stereocenters. The second-order valence-corrected chi connectivity index (χ2v) is 4.44. The summed E-state index contributed by atoms with van der Waals surface area (Å²) in [4.78, 5) is 0. The molecule has 4 nitrogen and oxygen atoms in total. The number of aromatic nitrogens is 3. The van der Waals surface area contributed by atoms with E-state index in [0.717, 1.165) is 29.6 Å². The van der Waals surface area contributed by atoms with Gasteiger partial charge in [0.2, 0.25) is 0 Å². The smallest absolute Gasteiger partial charge is 0.142 e. The third kappa shape index (κ3) is 2.99. The first kappa shape index (κ1) is 11.5. The Labute approximate surface area is 89.3 Å². The number of hydrogen-bond donors (Lipinski definition) is 1. The molecule has 80 valence electrons. The van der Waals surface area contributed by atoms with Crippen LogP contribution in [0.4, 0.5) is 0 Å². The Bertz CT molecular complexity index is 284.